The number of carbonyl (C=O) groups is 2. The minimum Gasteiger partial charge on any atom is -0.458 e. The van der Waals surface area contributed by atoms with Gasteiger partial charge in [0.2, 0.25) is 0 Å². The monoisotopic (exact) mass is 492 g/mol. The quantitative estimate of drug-likeness (QED) is 0.321. The van der Waals surface area contributed by atoms with Crippen LogP contribution in [0.3, 0.4) is 0 Å². The molecular weight excluding hydrogens is 482 g/mol. The van der Waals surface area contributed by atoms with Gasteiger partial charge < -0.3 is 9.47 Å². The molecule has 0 N–H and O–H groups in total. The van der Waals surface area contributed by atoms with Crippen LogP contribution in [0.25, 0.3) is 0 Å². The summed E-state index contributed by atoms with van der Waals surface area (Å²) in [6.07, 6.45) is -13.5. The van der Waals surface area contributed by atoms with E-state index in [1.54, 1.807) is 0 Å². The third-order valence-electron chi connectivity index (χ3n) is 6.13. The highest BCUT2D eigenvalue weighted by atomic mass is 19.4. The summed E-state index contributed by atoms with van der Waals surface area (Å²) in [6, 6.07) is 0. The summed E-state index contributed by atoms with van der Waals surface area (Å²) >= 11 is 0. The molecule has 17 heteroatoms. The van der Waals surface area contributed by atoms with E-state index >= 15 is 4.39 Å². The van der Waals surface area contributed by atoms with Gasteiger partial charge in [0.1, 0.15) is 12.2 Å². The van der Waals surface area contributed by atoms with Crippen molar-refractivity contribution in [3.05, 3.63) is 0 Å². The zero-order valence-corrected chi connectivity index (χ0v) is 15.0. The Kier molecular flexibility index (Phi) is 4.79. The largest absolute Gasteiger partial charge is 0.460 e. The van der Waals surface area contributed by atoms with E-state index in [4.69, 9.17) is 4.74 Å². The van der Waals surface area contributed by atoms with Crippen molar-refractivity contribution < 1.29 is 77.8 Å². The Balaban J connectivity index is 1.66. The molecule has 182 valence electrons. The Hall–Kier alpha value is -1.88. The zero-order valence-electron chi connectivity index (χ0n) is 15.0. The number of halogens is 10. The fourth-order valence-electron chi connectivity index (χ4n) is 4.46. The molecule has 6 unspecified atom stereocenters. The van der Waals surface area contributed by atoms with Gasteiger partial charge in [-0.2, -0.15) is 49.3 Å². The highest BCUT2D eigenvalue weighted by Gasteiger charge is 2.90. The first-order valence-corrected chi connectivity index (χ1v) is 8.78. The normalized spacial score (nSPS) is 34.8. The van der Waals surface area contributed by atoms with Crippen molar-refractivity contribution in [1.29, 1.82) is 0 Å². The highest BCUT2D eigenvalue weighted by Crippen LogP contribution is 2.60. The number of carbonyl (C=O) groups excluding carboxylic acids is 2. The van der Waals surface area contributed by atoms with Crippen LogP contribution in [0, 0.1) is 17.8 Å². The average molecular weight is 492 g/mol. The first-order chi connectivity index (χ1) is 14.5. The second-order valence-electron chi connectivity index (χ2n) is 7.80. The van der Waals surface area contributed by atoms with E-state index in [0.717, 1.165) is 0 Å². The third-order valence-corrected chi connectivity index (χ3v) is 6.13. The molecule has 7 nitrogen and oxygen atoms in total. The summed E-state index contributed by atoms with van der Waals surface area (Å²) in [5.41, 5.74) is -5.73. The molecule has 4 fully saturated rings. The molecule has 2 saturated carbocycles. The summed E-state index contributed by atoms with van der Waals surface area (Å²) in [6.45, 7) is 0. The molecule has 2 aliphatic carbocycles. The number of fused-ring (bicyclic) bond motifs is 1. The predicted molar refractivity (Wildman–Crippen MR) is 71.2 cm³/mol. The van der Waals surface area contributed by atoms with E-state index in [1.807, 2.05) is 0 Å². The second-order valence-corrected chi connectivity index (χ2v) is 7.80. The Labute approximate surface area is 169 Å². The third kappa shape index (κ3) is 2.66. The van der Waals surface area contributed by atoms with Crippen LogP contribution in [-0.4, -0.2) is 60.0 Å². The Morgan fingerprint density at radius 2 is 1.47 bits per heavy atom. The molecule has 2 heterocycles. The van der Waals surface area contributed by atoms with Crippen LogP contribution < -0.4 is 0 Å². The number of hydrogen-bond donors (Lipinski definition) is 0. The molecule has 2 aliphatic heterocycles. The van der Waals surface area contributed by atoms with E-state index in [1.165, 1.54) is 0 Å². The van der Waals surface area contributed by atoms with E-state index < -0.39 is 77.8 Å². The summed E-state index contributed by atoms with van der Waals surface area (Å²) in [5, 5.41) is 3.37. The van der Waals surface area contributed by atoms with Crippen molar-refractivity contribution in [2.45, 2.75) is 61.0 Å². The lowest BCUT2D eigenvalue weighted by Crippen LogP contribution is -2.74. The van der Waals surface area contributed by atoms with Crippen LogP contribution in [0.1, 0.15) is 12.8 Å². The summed E-state index contributed by atoms with van der Waals surface area (Å²) < 4.78 is 145. The number of ether oxygens (including phenoxy) is 2. The Morgan fingerprint density at radius 3 is 1.97 bits per heavy atom. The van der Waals surface area contributed by atoms with E-state index in [9.17, 15) is 49.1 Å². The van der Waals surface area contributed by atoms with Crippen molar-refractivity contribution >= 4 is 11.9 Å². The minimum absolute atomic E-state index is 0.00939. The van der Waals surface area contributed by atoms with Crippen LogP contribution in [0.4, 0.5) is 43.9 Å². The molecule has 2 saturated heterocycles. The van der Waals surface area contributed by atoms with Crippen LogP contribution in [-0.2, 0) is 33.9 Å². The maximum absolute atomic E-state index is 15.2. The number of esters is 2. The minimum atomic E-state index is -7.52. The first-order valence-electron chi connectivity index (χ1n) is 8.78. The standard InChI is InChI=1S/C15H10F10O7/c16-11(10-30-32-31-10,12(17,18)13(19,20)14(21,22)15(23,24)25)9(27)29-6-3-1-4-5(2-3)8(26)28-7(4)6/h3-7,10H,1-2H2. The average Bonchev–Trinajstić information content (AvgIpc) is 3.23. The molecule has 0 spiro atoms. The lowest BCUT2D eigenvalue weighted by molar-refractivity contribution is -0.706. The lowest BCUT2D eigenvalue weighted by atomic mass is 9.86. The van der Waals surface area contributed by atoms with Gasteiger partial charge in [0.15, 0.2) is 0 Å². The van der Waals surface area contributed by atoms with Gasteiger partial charge >= 0.3 is 41.6 Å². The van der Waals surface area contributed by atoms with Gasteiger partial charge in [-0.25, -0.2) is 9.18 Å². The van der Waals surface area contributed by atoms with E-state index in [0.29, 0.717) is 0 Å². The smallest absolute Gasteiger partial charge is 0.458 e. The van der Waals surface area contributed by atoms with Gasteiger partial charge in [-0.1, -0.05) is 5.04 Å². The fourth-order valence-corrected chi connectivity index (χ4v) is 4.46. The van der Waals surface area contributed by atoms with E-state index in [-0.39, 0.29) is 12.8 Å². The van der Waals surface area contributed by atoms with Crippen LogP contribution in [0.5, 0.6) is 0 Å². The van der Waals surface area contributed by atoms with Crippen molar-refractivity contribution in [3.8, 4) is 0 Å². The second kappa shape index (κ2) is 6.59. The predicted octanol–water partition coefficient (Wildman–Crippen LogP) is 2.88. The summed E-state index contributed by atoms with van der Waals surface area (Å²) in [7, 11) is 0. The SMILES string of the molecule is O=C1OC2C3CC(CC13)C2OC(=O)C(F)(C1OOO1)C(F)(F)C(F)(F)C(F)(F)C(F)(F)F. The molecule has 2 bridgehead atoms. The first kappa shape index (κ1) is 23.3. The topological polar surface area (TPSA) is 80.3 Å². The molecule has 32 heavy (non-hydrogen) atoms. The lowest BCUT2D eigenvalue weighted by Gasteiger charge is -2.43. The molecular formula is C15H10F10O7. The van der Waals surface area contributed by atoms with Gasteiger partial charge in [-0.15, -0.1) is 0 Å². The molecule has 4 aliphatic rings. The zero-order chi connectivity index (χ0) is 24.1. The fraction of sp³-hybridized carbons (Fsp3) is 0.867. The maximum atomic E-state index is 15.2. The van der Waals surface area contributed by atoms with Crippen LogP contribution in [0.2, 0.25) is 0 Å². The summed E-state index contributed by atoms with van der Waals surface area (Å²) in [4.78, 5) is 31.1. The molecule has 0 amide bonds. The van der Waals surface area contributed by atoms with Gasteiger partial charge in [0.25, 0.3) is 6.29 Å². The number of alkyl halides is 10. The molecule has 0 aromatic rings. The van der Waals surface area contributed by atoms with Crippen molar-refractivity contribution in [3.63, 3.8) is 0 Å². The maximum Gasteiger partial charge on any atom is 0.460 e. The molecule has 6 atom stereocenters. The van der Waals surface area contributed by atoms with Gasteiger partial charge in [-0.05, 0) is 12.8 Å². The Morgan fingerprint density at radius 1 is 0.875 bits per heavy atom. The highest BCUT2D eigenvalue weighted by molar-refractivity contribution is 5.83. The number of rotatable bonds is 6. The number of hydrogen-bond acceptors (Lipinski definition) is 7. The molecule has 0 radical (unpaired) electrons. The van der Waals surface area contributed by atoms with Gasteiger partial charge in [-0.3, -0.25) is 4.79 Å². The Bertz CT molecular complexity index is 828. The van der Waals surface area contributed by atoms with Crippen molar-refractivity contribution in [1.82, 2.24) is 0 Å². The van der Waals surface area contributed by atoms with Crippen molar-refractivity contribution in [2.75, 3.05) is 0 Å². The molecule has 0 aromatic heterocycles. The van der Waals surface area contributed by atoms with Gasteiger partial charge in [0.05, 0.1) is 5.92 Å². The van der Waals surface area contributed by atoms with Crippen LogP contribution >= 0.6 is 0 Å². The van der Waals surface area contributed by atoms with Gasteiger partial charge in [0, 0.05) is 11.8 Å². The van der Waals surface area contributed by atoms with E-state index in [2.05, 4.69) is 19.6 Å². The van der Waals surface area contributed by atoms with Crippen LogP contribution in [0.15, 0.2) is 0 Å². The summed E-state index contributed by atoms with van der Waals surface area (Å²) in [5.74, 6) is -27.8. The molecule has 0 aromatic carbocycles. The molecule has 4 rings (SSSR count). The van der Waals surface area contributed by atoms with Crippen molar-refractivity contribution in [2.24, 2.45) is 17.8 Å².